The van der Waals surface area contributed by atoms with E-state index in [4.69, 9.17) is 23.2 Å². The average Bonchev–Trinajstić information content (AvgIpc) is 2.95. The van der Waals surface area contributed by atoms with Gasteiger partial charge < -0.3 is 10.6 Å². The molecule has 0 aliphatic carbocycles. The van der Waals surface area contributed by atoms with Crippen LogP contribution in [0.3, 0.4) is 0 Å². The molecule has 0 spiro atoms. The summed E-state index contributed by atoms with van der Waals surface area (Å²) < 4.78 is 0. The second-order valence-electron chi connectivity index (χ2n) is 6.90. The highest BCUT2D eigenvalue weighted by Gasteiger charge is 2.27. The van der Waals surface area contributed by atoms with Crippen molar-refractivity contribution in [2.45, 2.75) is 26.7 Å². The third kappa shape index (κ3) is 5.44. The van der Waals surface area contributed by atoms with E-state index in [9.17, 15) is 9.59 Å². The van der Waals surface area contributed by atoms with Gasteiger partial charge in [0.25, 0.3) is 0 Å². The zero-order valence-corrected chi connectivity index (χ0v) is 18.0. The summed E-state index contributed by atoms with van der Waals surface area (Å²) in [7, 11) is 0. The predicted octanol–water partition coefficient (Wildman–Crippen LogP) is 4.36. The first-order valence-corrected chi connectivity index (χ1v) is 10.6. The van der Waals surface area contributed by atoms with Gasteiger partial charge in [0.1, 0.15) is 0 Å². The van der Waals surface area contributed by atoms with Crippen LogP contribution in [0.5, 0.6) is 0 Å². The molecule has 2 amide bonds. The molecule has 28 heavy (non-hydrogen) atoms. The Bertz CT molecular complexity index is 867. The van der Waals surface area contributed by atoms with E-state index < -0.39 is 0 Å². The Hall–Kier alpha value is -1.67. The molecule has 1 aromatic heterocycles. The number of halogens is 2. The van der Waals surface area contributed by atoms with Crippen LogP contribution in [-0.2, 0) is 9.59 Å². The van der Waals surface area contributed by atoms with E-state index in [1.54, 1.807) is 18.2 Å². The Morgan fingerprint density at radius 1 is 1.29 bits per heavy atom. The summed E-state index contributed by atoms with van der Waals surface area (Å²) in [6, 6.07) is 4.96. The number of aryl methyl sites for hydroxylation is 2. The number of nitrogens with one attached hydrogen (secondary N) is 2. The number of hydrogen-bond acceptors (Lipinski definition) is 5. The van der Waals surface area contributed by atoms with Gasteiger partial charge in [-0.05, 0) is 51.4 Å². The van der Waals surface area contributed by atoms with Crippen LogP contribution < -0.4 is 10.6 Å². The molecule has 1 atom stereocenters. The summed E-state index contributed by atoms with van der Waals surface area (Å²) in [4.78, 5) is 32.4. The Morgan fingerprint density at radius 3 is 2.79 bits per heavy atom. The summed E-state index contributed by atoms with van der Waals surface area (Å²) in [5.41, 5.74) is 1.43. The minimum absolute atomic E-state index is 0.111. The van der Waals surface area contributed by atoms with E-state index >= 15 is 0 Å². The molecule has 2 aromatic rings. The molecule has 2 N–H and O–H groups in total. The standard InChI is InChI=1S/C19H22Cl2N4O2S/c1-11-12(2)28-19(22-11)24-17(26)10-25-7-3-4-13(9-25)18(27)23-16-8-14(20)5-6-15(16)21/h5-6,8,13H,3-4,7,9-10H2,1-2H3,(H,23,27)(H,22,24,26). The van der Waals surface area contributed by atoms with Crippen LogP contribution >= 0.6 is 34.5 Å². The molecule has 1 fully saturated rings. The highest BCUT2D eigenvalue weighted by Crippen LogP contribution is 2.27. The molecule has 3 rings (SSSR count). The quantitative estimate of drug-likeness (QED) is 0.724. The van der Waals surface area contributed by atoms with Gasteiger partial charge in [0.2, 0.25) is 11.8 Å². The molecule has 2 heterocycles. The monoisotopic (exact) mass is 440 g/mol. The zero-order chi connectivity index (χ0) is 20.3. The van der Waals surface area contributed by atoms with E-state index in [0.29, 0.717) is 27.4 Å². The number of aromatic nitrogens is 1. The number of likely N-dealkylation sites (tertiary alicyclic amines) is 1. The fourth-order valence-corrected chi connectivity index (χ4v) is 4.30. The van der Waals surface area contributed by atoms with Crippen molar-refractivity contribution in [3.63, 3.8) is 0 Å². The van der Waals surface area contributed by atoms with Gasteiger partial charge in [0.15, 0.2) is 5.13 Å². The number of rotatable bonds is 5. The van der Waals surface area contributed by atoms with Crippen molar-refractivity contribution in [3.8, 4) is 0 Å². The summed E-state index contributed by atoms with van der Waals surface area (Å²) in [6.07, 6.45) is 1.62. The molecule has 1 aromatic carbocycles. The van der Waals surface area contributed by atoms with Crippen LogP contribution in [0.25, 0.3) is 0 Å². The SMILES string of the molecule is Cc1nc(NC(=O)CN2CCCC(C(=O)Nc3cc(Cl)ccc3Cl)C2)sc1C. The number of piperidine rings is 1. The lowest BCUT2D eigenvalue weighted by atomic mass is 9.97. The first-order valence-electron chi connectivity index (χ1n) is 9.04. The Balaban J connectivity index is 1.55. The van der Waals surface area contributed by atoms with Crippen molar-refractivity contribution in [1.82, 2.24) is 9.88 Å². The van der Waals surface area contributed by atoms with Gasteiger partial charge in [0.05, 0.1) is 28.9 Å². The van der Waals surface area contributed by atoms with Gasteiger partial charge in [0, 0.05) is 16.4 Å². The van der Waals surface area contributed by atoms with Crippen LogP contribution in [0.1, 0.15) is 23.4 Å². The molecular weight excluding hydrogens is 419 g/mol. The van der Waals surface area contributed by atoms with Gasteiger partial charge >= 0.3 is 0 Å². The largest absolute Gasteiger partial charge is 0.324 e. The van der Waals surface area contributed by atoms with Crippen molar-refractivity contribution >= 4 is 57.2 Å². The lowest BCUT2D eigenvalue weighted by Gasteiger charge is -2.31. The third-order valence-electron chi connectivity index (χ3n) is 4.70. The van der Waals surface area contributed by atoms with Gasteiger partial charge in [-0.3, -0.25) is 14.5 Å². The second kappa shape index (κ2) is 9.22. The van der Waals surface area contributed by atoms with E-state index in [2.05, 4.69) is 15.6 Å². The van der Waals surface area contributed by atoms with Crippen molar-refractivity contribution in [2.24, 2.45) is 5.92 Å². The highest BCUT2D eigenvalue weighted by atomic mass is 35.5. The van der Waals surface area contributed by atoms with E-state index in [-0.39, 0.29) is 24.3 Å². The molecule has 6 nitrogen and oxygen atoms in total. The predicted molar refractivity (Wildman–Crippen MR) is 114 cm³/mol. The lowest BCUT2D eigenvalue weighted by Crippen LogP contribution is -2.44. The van der Waals surface area contributed by atoms with E-state index in [0.717, 1.165) is 30.0 Å². The van der Waals surface area contributed by atoms with Crippen LogP contribution in [0.4, 0.5) is 10.8 Å². The minimum Gasteiger partial charge on any atom is -0.324 e. The normalized spacial score (nSPS) is 17.4. The Morgan fingerprint density at radius 2 is 2.07 bits per heavy atom. The molecule has 9 heteroatoms. The van der Waals surface area contributed by atoms with Crippen LogP contribution in [0.15, 0.2) is 18.2 Å². The van der Waals surface area contributed by atoms with Crippen LogP contribution in [0.2, 0.25) is 10.0 Å². The van der Waals surface area contributed by atoms with E-state index in [1.807, 2.05) is 18.7 Å². The summed E-state index contributed by atoms with van der Waals surface area (Å²) in [5, 5.41) is 7.26. The maximum Gasteiger partial charge on any atom is 0.240 e. The van der Waals surface area contributed by atoms with Gasteiger partial charge in [-0.2, -0.15) is 0 Å². The molecule has 1 unspecified atom stereocenters. The molecular formula is C19H22Cl2N4O2S. The van der Waals surface area contributed by atoms with Crippen LogP contribution in [-0.4, -0.2) is 41.3 Å². The van der Waals surface area contributed by atoms with Crippen molar-refractivity contribution < 1.29 is 9.59 Å². The molecule has 0 bridgehead atoms. The van der Waals surface area contributed by atoms with E-state index in [1.165, 1.54) is 11.3 Å². The number of thiazole rings is 1. The summed E-state index contributed by atoms with van der Waals surface area (Å²) in [6.45, 7) is 5.43. The van der Waals surface area contributed by atoms with Crippen molar-refractivity contribution in [3.05, 3.63) is 38.8 Å². The molecule has 1 saturated heterocycles. The maximum absolute atomic E-state index is 12.6. The molecule has 0 saturated carbocycles. The van der Waals surface area contributed by atoms with Gasteiger partial charge in [-0.25, -0.2) is 4.98 Å². The Labute approximate surface area is 178 Å². The number of nitrogens with zero attached hydrogens (tertiary/aromatic N) is 2. The molecule has 150 valence electrons. The molecule has 1 aliphatic heterocycles. The lowest BCUT2D eigenvalue weighted by molar-refractivity contribution is -0.123. The fourth-order valence-electron chi connectivity index (χ4n) is 3.13. The topological polar surface area (TPSA) is 74.3 Å². The zero-order valence-electron chi connectivity index (χ0n) is 15.7. The number of carbonyl (C=O) groups is 2. The molecule has 0 radical (unpaired) electrons. The number of amides is 2. The summed E-state index contributed by atoms with van der Waals surface area (Å²) in [5.74, 6) is -0.436. The minimum atomic E-state index is -0.207. The first-order chi connectivity index (χ1) is 13.3. The van der Waals surface area contributed by atoms with Crippen molar-refractivity contribution in [1.29, 1.82) is 0 Å². The number of carbonyl (C=O) groups excluding carboxylic acids is 2. The van der Waals surface area contributed by atoms with Crippen molar-refractivity contribution in [2.75, 3.05) is 30.3 Å². The smallest absolute Gasteiger partial charge is 0.240 e. The number of benzene rings is 1. The Kier molecular flexibility index (Phi) is 6.93. The second-order valence-corrected chi connectivity index (χ2v) is 8.94. The fraction of sp³-hybridized carbons (Fsp3) is 0.421. The first kappa shape index (κ1) is 21.0. The number of hydrogen-bond donors (Lipinski definition) is 2. The van der Waals surface area contributed by atoms with Gasteiger partial charge in [-0.15, -0.1) is 11.3 Å². The van der Waals surface area contributed by atoms with Gasteiger partial charge in [-0.1, -0.05) is 23.2 Å². The maximum atomic E-state index is 12.6. The number of anilines is 2. The highest BCUT2D eigenvalue weighted by molar-refractivity contribution is 7.15. The van der Waals surface area contributed by atoms with Crippen LogP contribution in [0, 0.1) is 19.8 Å². The average molecular weight is 441 g/mol. The summed E-state index contributed by atoms with van der Waals surface area (Å²) >= 11 is 13.6. The third-order valence-corrected chi connectivity index (χ3v) is 6.26. The molecule has 1 aliphatic rings.